The second-order valence-electron chi connectivity index (χ2n) is 7.22. The second-order valence-corrected chi connectivity index (χ2v) is 7.22. The Morgan fingerprint density at radius 1 is 1.00 bits per heavy atom. The monoisotopic (exact) mass is 355 g/mol. The van der Waals surface area contributed by atoms with Crippen molar-refractivity contribution in [2.45, 2.75) is 92.3 Å². The van der Waals surface area contributed by atoms with E-state index >= 15 is 0 Å². The first-order chi connectivity index (χ1) is 11.4. The Morgan fingerprint density at radius 3 is 1.72 bits per heavy atom. The highest BCUT2D eigenvalue weighted by atomic mass is 16.1. The van der Waals surface area contributed by atoms with Crippen molar-refractivity contribution in [3.05, 3.63) is 23.2 Å². The Hall–Kier alpha value is -1.69. The number of carbonyl (C=O) groups excluding carboxylic acids is 1. The molecule has 148 valence electrons. The van der Waals surface area contributed by atoms with E-state index in [2.05, 4.69) is 38.3 Å². The molecule has 1 aliphatic rings. The van der Waals surface area contributed by atoms with Crippen LogP contribution in [0.4, 0.5) is 0 Å². The molecule has 0 unspecified atom stereocenters. The number of primary amides is 1. The Labute approximate surface area is 154 Å². The van der Waals surface area contributed by atoms with Gasteiger partial charge in [0.25, 0.3) is 5.91 Å². The van der Waals surface area contributed by atoms with Crippen LogP contribution in [0.3, 0.4) is 0 Å². The van der Waals surface area contributed by atoms with Gasteiger partial charge < -0.3 is 27.8 Å². The molecule has 1 saturated heterocycles. The first kappa shape index (κ1) is 25.5. The first-order valence-electron chi connectivity index (χ1n) is 9.21. The maximum Gasteiger partial charge on any atom is 0.252 e. The smallest absolute Gasteiger partial charge is 0.252 e. The number of carbonyl (C=O) groups is 1. The summed E-state index contributed by atoms with van der Waals surface area (Å²) in [5.41, 5.74) is 17.7. The molecule has 0 atom stereocenters. The molecule has 0 spiro atoms. The summed E-state index contributed by atoms with van der Waals surface area (Å²) < 4.78 is 0. The van der Waals surface area contributed by atoms with Crippen LogP contribution in [0.2, 0.25) is 0 Å². The molecule has 1 amide bonds. The molecule has 8 N–H and O–H groups in total. The third-order valence-electron chi connectivity index (χ3n) is 3.48. The maximum absolute atomic E-state index is 11.5. The van der Waals surface area contributed by atoms with Gasteiger partial charge in [-0.05, 0) is 53.5 Å². The average molecular weight is 356 g/mol. The standard InChI is InChI=1S/C15H29N5O.2C2H6/c1-9(16)6-11(13(18)21)12(17)19-10-7-14(2,3)20-15(4,5)8-10;2*1-2/h6,10,19-20H,7-8,16-17H2,1-5H3,(H2,18,21);2*1-2H3/b9-6-,12-11-;;. The van der Waals surface area contributed by atoms with Gasteiger partial charge in [-0.1, -0.05) is 27.7 Å². The minimum atomic E-state index is -0.586. The molecule has 0 aromatic heterocycles. The molecule has 0 aromatic rings. The van der Waals surface area contributed by atoms with E-state index in [1.807, 2.05) is 27.7 Å². The number of amides is 1. The lowest BCUT2D eigenvalue weighted by Gasteiger charge is -2.47. The van der Waals surface area contributed by atoms with Gasteiger partial charge in [0.2, 0.25) is 0 Å². The fourth-order valence-corrected chi connectivity index (χ4v) is 3.23. The Balaban J connectivity index is 0. The van der Waals surface area contributed by atoms with Gasteiger partial charge in [0.15, 0.2) is 0 Å². The van der Waals surface area contributed by atoms with E-state index in [1.54, 1.807) is 6.92 Å². The van der Waals surface area contributed by atoms with E-state index in [0.29, 0.717) is 5.70 Å². The van der Waals surface area contributed by atoms with Crippen molar-refractivity contribution in [1.29, 1.82) is 0 Å². The number of allylic oxidation sites excluding steroid dienone is 1. The van der Waals surface area contributed by atoms with Crippen molar-refractivity contribution in [2.75, 3.05) is 0 Å². The topological polar surface area (TPSA) is 119 Å². The first-order valence-corrected chi connectivity index (χ1v) is 9.21. The van der Waals surface area contributed by atoms with Gasteiger partial charge >= 0.3 is 0 Å². The lowest BCUT2D eigenvalue weighted by molar-refractivity contribution is -0.114. The van der Waals surface area contributed by atoms with E-state index in [9.17, 15) is 4.79 Å². The van der Waals surface area contributed by atoms with Crippen molar-refractivity contribution in [3.8, 4) is 0 Å². The summed E-state index contributed by atoms with van der Waals surface area (Å²) in [6, 6.07) is 0.164. The van der Waals surface area contributed by atoms with Crippen LogP contribution in [-0.2, 0) is 4.79 Å². The highest BCUT2D eigenvalue weighted by Gasteiger charge is 2.37. The van der Waals surface area contributed by atoms with Crippen molar-refractivity contribution < 1.29 is 4.79 Å². The van der Waals surface area contributed by atoms with Crippen molar-refractivity contribution in [3.63, 3.8) is 0 Å². The number of hydrogen-bond donors (Lipinski definition) is 5. The number of rotatable bonds is 4. The lowest BCUT2D eigenvalue weighted by Crippen LogP contribution is -2.61. The molecule has 0 bridgehead atoms. The van der Waals surface area contributed by atoms with Crippen LogP contribution in [0.1, 0.15) is 75.2 Å². The molecule has 1 heterocycles. The van der Waals surface area contributed by atoms with Crippen LogP contribution >= 0.6 is 0 Å². The largest absolute Gasteiger partial charge is 0.402 e. The molecule has 0 radical (unpaired) electrons. The van der Waals surface area contributed by atoms with Crippen LogP contribution < -0.4 is 27.8 Å². The van der Waals surface area contributed by atoms with Gasteiger partial charge in [0, 0.05) is 22.8 Å². The highest BCUT2D eigenvalue weighted by Crippen LogP contribution is 2.28. The van der Waals surface area contributed by atoms with E-state index in [4.69, 9.17) is 17.2 Å². The zero-order valence-corrected chi connectivity index (χ0v) is 17.7. The molecule has 6 nitrogen and oxygen atoms in total. The fourth-order valence-electron chi connectivity index (χ4n) is 3.23. The second kappa shape index (κ2) is 11.0. The fraction of sp³-hybridized carbons (Fsp3) is 0.737. The van der Waals surface area contributed by atoms with E-state index in [1.165, 1.54) is 6.08 Å². The summed E-state index contributed by atoms with van der Waals surface area (Å²) in [6.07, 6.45) is 3.30. The van der Waals surface area contributed by atoms with Crippen molar-refractivity contribution in [2.24, 2.45) is 17.2 Å². The van der Waals surface area contributed by atoms with Crippen LogP contribution in [-0.4, -0.2) is 23.0 Å². The molecule has 1 aliphatic heterocycles. The maximum atomic E-state index is 11.5. The molecule has 6 heteroatoms. The normalized spacial score (nSPS) is 20.1. The third kappa shape index (κ3) is 10.0. The van der Waals surface area contributed by atoms with E-state index in [-0.39, 0.29) is 28.5 Å². The summed E-state index contributed by atoms with van der Waals surface area (Å²) in [5, 5.41) is 6.83. The highest BCUT2D eigenvalue weighted by molar-refractivity contribution is 5.95. The molecule has 0 aliphatic carbocycles. The summed E-state index contributed by atoms with van der Waals surface area (Å²) >= 11 is 0. The average Bonchev–Trinajstić information content (AvgIpc) is 2.45. The molecule has 25 heavy (non-hydrogen) atoms. The predicted octanol–water partition coefficient (Wildman–Crippen LogP) is 2.46. The number of piperidine rings is 1. The number of hydrogen-bond acceptors (Lipinski definition) is 5. The van der Waals surface area contributed by atoms with Gasteiger partial charge in [-0.15, -0.1) is 0 Å². The van der Waals surface area contributed by atoms with Gasteiger partial charge in [-0.2, -0.15) is 0 Å². The summed E-state index contributed by atoms with van der Waals surface area (Å²) in [7, 11) is 0. The molecule has 1 fully saturated rings. The zero-order valence-electron chi connectivity index (χ0n) is 17.7. The number of nitrogens with two attached hydrogens (primary N) is 3. The molecule has 0 aromatic carbocycles. The Morgan fingerprint density at radius 2 is 1.40 bits per heavy atom. The Bertz CT molecular complexity index is 458. The van der Waals surface area contributed by atoms with Crippen molar-refractivity contribution in [1.82, 2.24) is 10.6 Å². The summed E-state index contributed by atoms with van der Waals surface area (Å²) in [4.78, 5) is 11.5. The molecule has 1 rings (SSSR count). The van der Waals surface area contributed by atoms with Crippen LogP contribution in [0.25, 0.3) is 0 Å². The molecule has 0 saturated carbocycles. The van der Waals surface area contributed by atoms with E-state index in [0.717, 1.165) is 12.8 Å². The predicted molar refractivity (Wildman–Crippen MR) is 108 cm³/mol. The minimum absolute atomic E-state index is 0.00773. The summed E-state index contributed by atoms with van der Waals surface area (Å²) in [6.45, 7) is 18.3. The van der Waals surface area contributed by atoms with Crippen LogP contribution in [0, 0.1) is 0 Å². The molecular formula is C19H41N5O. The SMILES string of the molecule is C/C(N)=C/C(C(N)=O)=C(\N)NC1CC(C)(C)NC(C)(C)C1.CC.CC. The van der Waals surface area contributed by atoms with Gasteiger partial charge in [-0.25, -0.2) is 0 Å². The zero-order chi connectivity index (χ0) is 20.4. The van der Waals surface area contributed by atoms with Crippen LogP contribution in [0.15, 0.2) is 23.2 Å². The number of nitrogens with one attached hydrogen (secondary N) is 2. The lowest BCUT2D eigenvalue weighted by atomic mass is 9.79. The van der Waals surface area contributed by atoms with Gasteiger partial charge in [-0.3, -0.25) is 4.79 Å². The summed E-state index contributed by atoms with van der Waals surface area (Å²) in [5.74, 6) is -0.303. The van der Waals surface area contributed by atoms with E-state index < -0.39 is 5.91 Å². The van der Waals surface area contributed by atoms with Gasteiger partial charge in [0.05, 0.1) is 5.57 Å². The minimum Gasteiger partial charge on any atom is -0.402 e. The Kier molecular flexibility index (Phi) is 11.3. The van der Waals surface area contributed by atoms with Gasteiger partial charge in [0.1, 0.15) is 5.82 Å². The van der Waals surface area contributed by atoms with Crippen LogP contribution in [0.5, 0.6) is 0 Å². The third-order valence-corrected chi connectivity index (χ3v) is 3.48. The quantitative estimate of drug-likeness (QED) is 0.392. The molecular weight excluding hydrogens is 314 g/mol. The van der Waals surface area contributed by atoms with Crippen molar-refractivity contribution >= 4 is 5.91 Å².